The van der Waals surface area contributed by atoms with Crippen LogP contribution in [-0.2, 0) is 9.53 Å². The lowest BCUT2D eigenvalue weighted by molar-refractivity contribution is -0.229. The summed E-state index contributed by atoms with van der Waals surface area (Å²) in [4.78, 5) is 16.0. The van der Waals surface area contributed by atoms with E-state index in [2.05, 4.69) is 10.3 Å². The van der Waals surface area contributed by atoms with Crippen molar-refractivity contribution in [1.82, 2.24) is 10.2 Å². The first kappa shape index (κ1) is 13.4. The van der Waals surface area contributed by atoms with Crippen LogP contribution in [0.3, 0.4) is 0 Å². The number of nitrogens with one attached hydrogen (secondary N) is 1. The Morgan fingerprint density at radius 2 is 2.25 bits per heavy atom. The second kappa shape index (κ2) is 4.49. The summed E-state index contributed by atoms with van der Waals surface area (Å²) in [6, 6.07) is 0. The van der Waals surface area contributed by atoms with Gasteiger partial charge < -0.3 is 15.2 Å². The molecule has 2 heterocycles. The van der Waals surface area contributed by atoms with E-state index in [1.807, 2.05) is 0 Å². The highest BCUT2D eigenvalue weighted by molar-refractivity contribution is 5.90. The zero-order valence-electron chi connectivity index (χ0n) is 10.7. The van der Waals surface area contributed by atoms with Gasteiger partial charge in [-0.25, -0.2) is 23.5 Å². The first-order valence-electron chi connectivity index (χ1n) is 6.43. The number of carboxylic acid groups (broad SMARTS) is 1. The highest BCUT2D eigenvalue weighted by Crippen LogP contribution is 2.35. The molecule has 1 atom stereocenters. The van der Waals surface area contributed by atoms with Crippen LogP contribution in [0.5, 0.6) is 0 Å². The van der Waals surface area contributed by atoms with Crippen LogP contribution in [0.1, 0.15) is 12.8 Å². The molecule has 6 nitrogen and oxygen atoms in total. The standard InChI is InChI=1S/C12H15F2N3O3/c13-11(14)6-17(7-11)12(20-4-8-1-2-8)5-15-9(3-16-12)10(18)19/h3,5,8,16H,1-2,4,6-7H2,(H,18,19). The number of aliphatic carboxylic acids is 1. The maximum atomic E-state index is 13.1. The van der Waals surface area contributed by atoms with Gasteiger partial charge in [-0.2, -0.15) is 0 Å². The zero-order chi connectivity index (χ0) is 14.4. The molecular formula is C12H15F2N3O3. The predicted octanol–water partition coefficient (Wildman–Crippen LogP) is 0.618. The van der Waals surface area contributed by atoms with E-state index >= 15 is 0 Å². The Kier molecular flexibility index (Phi) is 3.02. The lowest BCUT2D eigenvalue weighted by atomic mass is 10.1. The molecular weight excluding hydrogens is 272 g/mol. The van der Waals surface area contributed by atoms with Gasteiger partial charge in [0.05, 0.1) is 25.9 Å². The molecule has 2 N–H and O–H groups in total. The highest BCUT2D eigenvalue weighted by Gasteiger charge is 2.54. The van der Waals surface area contributed by atoms with Crippen LogP contribution in [-0.4, -0.2) is 53.7 Å². The monoisotopic (exact) mass is 287 g/mol. The first-order valence-corrected chi connectivity index (χ1v) is 6.43. The molecule has 3 rings (SSSR count). The van der Waals surface area contributed by atoms with Crippen molar-refractivity contribution in [2.45, 2.75) is 24.6 Å². The summed E-state index contributed by atoms with van der Waals surface area (Å²) in [5.41, 5.74) is -0.178. The molecule has 0 bridgehead atoms. The van der Waals surface area contributed by atoms with Crippen molar-refractivity contribution in [3.63, 3.8) is 0 Å². The second-order valence-electron chi connectivity index (χ2n) is 5.40. The van der Waals surface area contributed by atoms with E-state index < -0.39 is 30.8 Å². The van der Waals surface area contributed by atoms with Crippen molar-refractivity contribution in [2.75, 3.05) is 19.7 Å². The van der Waals surface area contributed by atoms with Gasteiger partial charge in [-0.3, -0.25) is 0 Å². The van der Waals surface area contributed by atoms with Crippen LogP contribution in [0.4, 0.5) is 8.78 Å². The smallest absolute Gasteiger partial charge is 0.355 e. The molecule has 2 aliphatic heterocycles. The molecule has 0 aromatic rings. The molecule has 2 fully saturated rings. The molecule has 8 heteroatoms. The highest BCUT2D eigenvalue weighted by atomic mass is 19.3. The first-order chi connectivity index (χ1) is 9.40. The number of hydrogen-bond donors (Lipinski definition) is 2. The van der Waals surface area contributed by atoms with Crippen LogP contribution in [0.2, 0.25) is 0 Å². The molecule has 1 unspecified atom stereocenters. The van der Waals surface area contributed by atoms with Gasteiger partial charge in [-0.15, -0.1) is 0 Å². The third-order valence-electron chi connectivity index (χ3n) is 3.56. The van der Waals surface area contributed by atoms with E-state index in [1.165, 1.54) is 17.3 Å². The third kappa shape index (κ3) is 2.53. The molecule has 0 radical (unpaired) electrons. The van der Waals surface area contributed by atoms with E-state index in [0.29, 0.717) is 12.5 Å². The number of rotatable bonds is 5. The lowest BCUT2D eigenvalue weighted by Crippen LogP contribution is -2.72. The molecule has 1 aliphatic carbocycles. The van der Waals surface area contributed by atoms with Gasteiger partial charge in [0, 0.05) is 6.20 Å². The van der Waals surface area contributed by atoms with Gasteiger partial charge in [0.1, 0.15) is 0 Å². The van der Waals surface area contributed by atoms with Crippen molar-refractivity contribution in [3.05, 3.63) is 11.9 Å². The number of halogens is 2. The number of alkyl halides is 2. The topological polar surface area (TPSA) is 74.2 Å². The number of ether oxygens (including phenoxy) is 1. The summed E-state index contributed by atoms with van der Waals surface area (Å²) >= 11 is 0. The summed E-state index contributed by atoms with van der Waals surface area (Å²) in [5.74, 6) is -4.72. The van der Waals surface area contributed by atoms with Gasteiger partial charge in [0.25, 0.3) is 5.92 Å². The summed E-state index contributed by atoms with van der Waals surface area (Å²) in [6.07, 6.45) is 4.58. The van der Waals surface area contributed by atoms with E-state index in [4.69, 9.17) is 9.84 Å². The van der Waals surface area contributed by atoms with Crippen molar-refractivity contribution in [3.8, 4) is 0 Å². The minimum absolute atomic E-state index is 0.178. The summed E-state index contributed by atoms with van der Waals surface area (Å²) in [7, 11) is 0. The van der Waals surface area contributed by atoms with Gasteiger partial charge in [0.15, 0.2) is 5.70 Å². The Morgan fingerprint density at radius 1 is 1.55 bits per heavy atom. The molecule has 0 aromatic carbocycles. The van der Waals surface area contributed by atoms with Gasteiger partial charge >= 0.3 is 5.97 Å². The number of nitrogens with zero attached hydrogens (tertiary/aromatic N) is 2. The van der Waals surface area contributed by atoms with Crippen LogP contribution in [0.25, 0.3) is 0 Å². The Labute approximate surface area is 114 Å². The van der Waals surface area contributed by atoms with Gasteiger partial charge in [-0.05, 0) is 18.8 Å². The summed E-state index contributed by atoms with van der Waals surface area (Å²) in [5, 5.41) is 11.6. The summed E-state index contributed by atoms with van der Waals surface area (Å²) in [6.45, 7) is -0.433. The molecule has 3 aliphatic rings. The van der Waals surface area contributed by atoms with Crippen LogP contribution >= 0.6 is 0 Å². The second-order valence-corrected chi connectivity index (χ2v) is 5.40. The third-order valence-corrected chi connectivity index (χ3v) is 3.56. The molecule has 0 aromatic heterocycles. The van der Waals surface area contributed by atoms with Crippen LogP contribution < -0.4 is 5.32 Å². The van der Waals surface area contributed by atoms with E-state index in [-0.39, 0.29) is 5.70 Å². The number of carboxylic acids is 1. The van der Waals surface area contributed by atoms with E-state index in [0.717, 1.165) is 12.8 Å². The van der Waals surface area contributed by atoms with Crippen LogP contribution in [0, 0.1) is 5.92 Å². The van der Waals surface area contributed by atoms with E-state index in [1.54, 1.807) is 0 Å². The van der Waals surface area contributed by atoms with Gasteiger partial charge in [0.2, 0.25) is 5.85 Å². The zero-order valence-corrected chi connectivity index (χ0v) is 10.7. The Bertz CT molecular complexity index is 482. The molecule has 110 valence electrons. The fourth-order valence-corrected chi connectivity index (χ4v) is 2.14. The van der Waals surface area contributed by atoms with Crippen LogP contribution in [0.15, 0.2) is 16.9 Å². The lowest BCUT2D eigenvalue weighted by Gasteiger charge is -2.49. The molecule has 20 heavy (non-hydrogen) atoms. The summed E-state index contributed by atoms with van der Waals surface area (Å²) < 4.78 is 31.8. The number of hydrogen-bond acceptors (Lipinski definition) is 5. The SMILES string of the molecule is O=C(O)C1=CNC(OCC2CC2)(N2CC(F)(F)C2)C=N1. The number of likely N-dealkylation sites (tertiary alicyclic amines) is 1. The maximum absolute atomic E-state index is 13.1. The quantitative estimate of drug-likeness (QED) is 0.775. The van der Waals surface area contributed by atoms with E-state index in [9.17, 15) is 13.6 Å². The molecule has 1 saturated heterocycles. The predicted molar refractivity (Wildman–Crippen MR) is 65.3 cm³/mol. The molecule has 0 amide bonds. The fourth-order valence-electron chi connectivity index (χ4n) is 2.14. The Balaban J connectivity index is 1.72. The minimum Gasteiger partial charge on any atom is -0.476 e. The fraction of sp³-hybridized carbons (Fsp3) is 0.667. The van der Waals surface area contributed by atoms with Crippen molar-refractivity contribution >= 4 is 12.2 Å². The van der Waals surface area contributed by atoms with Crippen molar-refractivity contribution < 1.29 is 23.4 Å². The van der Waals surface area contributed by atoms with Crippen molar-refractivity contribution in [1.29, 1.82) is 0 Å². The Hall–Kier alpha value is -1.54. The molecule has 0 spiro atoms. The average molecular weight is 287 g/mol. The van der Waals surface area contributed by atoms with Crippen molar-refractivity contribution in [2.24, 2.45) is 10.9 Å². The number of carbonyl (C=O) groups is 1. The normalized spacial score (nSPS) is 32.2. The minimum atomic E-state index is -2.73. The largest absolute Gasteiger partial charge is 0.476 e. The number of aliphatic imine (C=N–C) groups is 1. The Morgan fingerprint density at radius 3 is 2.70 bits per heavy atom. The maximum Gasteiger partial charge on any atom is 0.355 e. The molecule has 1 saturated carbocycles. The average Bonchev–Trinajstić information content (AvgIpc) is 3.18. The van der Waals surface area contributed by atoms with Gasteiger partial charge in [-0.1, -0.05) is 0 Å².